The number of hydrogen-bond donors (Lipinski definition) is 1. The van der Waals surface area contributed by atoms with Crippen LogP contribution in [-0.4, -0.2) is 38.0 Å². The minimum absolute atomic E-state index is 0.00546. The second-order valence-corrected chi connectivity index (χ2v) is 5.55. The second-order valence-electron chi connectivity index (χ2n) is 5.55. The van der Waals surface area contributed by atoms with Crippen molar-refractivity contribution >= 4 is 0 Å². The number of rotatable bonds is 1. The molecule has 3 heteroatoms. The Balaban J connectivity index is 1.76. The van der Waals surface area contributed by atoms with Gasteiger partial charge in [-0.05, 0) is 31.6 Å². The van der Waals surface area contributed by atoms with E-state index in [1.807, 2.05) is 0 Å². The van der Waals surface area contributed by atoms with Crippen LogP contribution in [0.5, 0.6) is 0 Å². The molecule has 3 fully saturated rings. The summed E-state index contributed by atoms with van der Waals surface area (Å²) in [7, 11) is 0. The van der Waals surface area contributed by atoms with E-state index in [2.05, 4.69) is 5.32 Å². The second kappa shape index (κ2) is 4.63. The van der Waals surface area contributed by atoms with E-state index in [1.165, 1.54) is 32.1 Å². The highest BCUT2D eigenvalue weighted by atomic mass is 16.5. The summed E-state index contributed by atoms with van der Waals surface area (Å²) in [5.74, 6) is 0.821. The summed E-state index contributed by atoms with van der Waals surface area (Å²) in [5, 5.41) is 3.72. The number of ether oxygens (including phenoxy) is 2. The Morgan fingerprint density at radius 3 is 2.69 bits per heavy atom. The first kappa shape index (κ1) is 11.0. The highest BCUT2D eigenvalue weighted by molar-refractivity contribution is 5.01. The van der Waals surface area contributed by atoms with Crippen LogP contribution in [0.3, 0.4) is 0 Å². The summed E-state index contributed by atoms with van der Waals surface area (Å²) >= 11 is 0. The minimum Gasteiger partial charge on any atom is -0.378 e. The Bertz CT molecular complexity index is 224. The first-order valence-corrected chi connectivity index (χ1v) is 6.86. The Morgan fingerprint density at radius 2 is 1.94 bits per heavy atom. The SMILES string of the molecule is C1CCC(C2NCCOC23CCCOC3)C1. The monoisotopic (exact) mass is 225 g/mol. The van der Waals surface area contributed by atoms with Gasteiger partial charge in [-0.3, -0.25) is 0 Å². The van der Waals surface area contributed by atoms with Crippen molar-refractivity contribution in [2.24, 2.45) is 5.92 Å². The Morgan fingerprint density at radius 1 is 1.06 bits per heavy atom. The predicted octanol–water partition coefficient (Wildman–Crippen LogP) is 1.71. The summed E-state index contributed by atoms with van der Waals surface area (Å²) < 4.78 is 11.8. The van der Waals surface area contributed by atoms with Crippen LogP contribution in [0.4, 0.5) is 0 Å². The minimum atomic E-state index is 0.00546. The molecule has 0 bridgehead atoms. The Labute approximate surface area is 97.9 Å². The molecule has 3 rings (SSSR count). The van der Waals surface area contributed by atoms with Crippen LogP contribution in [-0.2, 0) is 9.47 Å². The van der Waals surface area contributed by atoms with Gasteiger partial charge in [-0.1, -0.05) is 12.8 Å². The lowest BCUT2D eigenvalue weighted by Gasteiger charge is -2.48. The Hall–Kier alpha value is -0.120. The third kappa shape index (κ3) is 1.89. The first-order valence-electron chi connectivity index (χ1n) is 6.86. The molecule has 0 aromatic heterocycles. The molecule has 1 saturated carbocycles. The lowest BCUT2D eigenvalue weighted by molar-refractivity contribution is -0.172. The number of morpholine rings is 1. The third-order valence-corrected chi connectivity index (χ3v) is 4.53. The van der Waals surface area contributed by atoms with Crippen molar-refractivity contribution in [1.29, 1.82) is 0 Å². The van der Waals surface area contributed by atoms with E-state index in [9.17, 15) is 0 Å². The molecule has 2 saturated heterocycles. The van der Waals surface area contributed by atoms with E-state index in [-0.39, 0.29) is 5.60 Å². The molecule has 1 spiro atoms. The van der Waals surface area contributed by atoms with Gasteiger partial charge in [0.05, 0.1) is 13.2 Å². The van der Waals surface area contributed by atoms with E-state index in [4.69, 9.17) is 9.47 Å². The summed E-state index contributed by atoms with van der Waals surface area (Å²) in [6, 6.07) is 0.545. The number of hydrogen-bond acceptors (Lipinski definition) is 3. The Kier molecular flexibility index (Phi) is 3.18. The molecule has 0 aromatic carbocycles. The van der Waals surface area contributed by atoms with Crippen molar-refractivity contribution in [1.82, 2.24) is 5.32 Å². The highest BCUT2D eigenvalue weighted by Crippen LogP contribution is 2.38. The first-order chi connectivity index (χ1) is 7.91. The van der Waals surface area contributed by atoms with Gasteiger partial charge in [-0.25, -0.2) is 0 Å². The van der Waals surface area contributed by atoms with Gasteiger partial charge in [-0.2, -0.15) is 0 Å². The maximum absolute atomic E-state index is 6.14. The topological polar surface area (TPSA) is 30.5 Å². The van der Waals surface area contributed by atoms with Gasteiger partial charge >= 0.3 is 0 Å². The molecule has 2 atom stereocenters. The molecule has 0 radical (unpaired) electrons. The molecule has 1 N–H and O–H groups in total. The van der Waals surface area contributed by atoms with Crippen molar-refractivity contribution in [2.75, 3.05) is 26.4 Å². The van der Waals surface area contributed by atoms with Gasteiger partial charge in [0.25, 0.3) is 0 Å². The summed E-state index contributed by atoms with van der Waals surface area (Å²) in [6.07, 6.45) is 7.90. The van der Waals surface area contributed by atoms with Gasteiger partial charge in [-0.15, -0.1) is 0 Å². The molecule has 2 heterocycles. The average Bonchev–Trinajstić information content (AvgIpc) is 2.84. The molecule has 1 aliphatic carbocycles. The van der Waals surface area contributed by atoms with Crippen molar-refractivity contribution in [3.8, 4) is 0 Å². The maximum Gasteiger partial charge on any atom is 0.107 e. The van der Waals surface area contributed by atoms with E-state index in [1.54, 1.807) is 0 Å². The fourth-order valence-corrected chi connectivity index (χ4v) is 3.78. The molecule has 2 aliphatic heterocycles. The lowest BCUT2D eigenvalue weighted by atomic mass is 9.79. The van der Waals surface area contributed by atoms with Gasteiger partial charge < -0.3 is 14.8 Å². The maximum atomic E-state index is 6.14. The molecular formula is C13H23NO2. The van der Waals surface area contributed by atoms with Crippen molar-refractivity contribution in [2.45, 2.75) is 50.2 Å². The van der Waals surface area contributed by atoms with Crippen LogP contribution in [0.2, 0.25) is 0 Å². The molecule has 0 aromatic rings. The fourth-order valence-electron chi connectivity index (χ4n) is 3.78. The van der Waals surface area contributed by atoms with Crippen LogP contribution in [0.25, 0.3) is 0 Å². The summed E-state index contributed by atoms with van der Waals surface area (Å²) in [4.78, 5) is 0. The molecule has 0 amide bonds. The fraction of sp³-hybridized carbons (Fsp3) is 1.00. The molecule has 16 heavy (non-hydrogen) atoms. The van der Waals surface area contributed by atoms with Crippen molar-refractivity contribution in [3.63, 3.8) is 0 Å². The zero-order chi connectivity index (χ0) is 10.8. The lowest BCUT2D eigenvalue weighted by Crippen LogP contribution is -2.64. The van der Waals surface area contributed by atoms with Crippen LogP contribution in [0.15, 0.2) is 0 Å². The normalized spacial score (nSPS) is 41.6. The standard InChI is InChI=1S/C13H23NO2/c1-2-5-11(4-1)12-13(16-9-7-14-12)6-3-8-15-10-13/h11-12,14H,1-10H2. The van der Waals surface area contributed by atoms with Gasteiger partial charge in [0.2, 0.25) is 0 Å². The van der Waals surface area contributed by atoms with Crippen molar-refractivity contribution < 1.29 is 9.47 Å². The zero-order valence-electron chi connectivity index (χ0n) is 10.0. The zero-order valence-corrected chi connectivity index (χ0v) is 10.0. The largest absolute Gasteiger partial charge is 0.378 e. The van der Waals surface area contributed by atoms with Crippen LogP contribution >= 0.6 is 0 Å². The quantitative estimate of drug-likeness (QED) is 0.737. The molecule has 92 valence electrons. The van der Waals surface area contributed by atoms with Gasteiger partial charge in [0.15, 0.2) is 0 Å². The molecule has 2 unspecified atom stereocenters. The van der Waals surface area contributed by atoms with Gasteiger partial charge in [0, 0.05) is 19.2 Å². The van der Waals surface area contributed by atoms with E-state index < -0.39 is 0 Å². The van der Waals surface area contributed by atoms with Crippen LogP contribution in [0, 0.1) is 5.92 Å². The summed E-state index contributed by atoms with van der Waals surface area (Å²) in [6.45, 7) is 3.60. The van der Waals surface area contributed by atoms with E-state index in [0.717, 1.165) is 38.7 Å². The molecule has 3 nitrogen and oxygen atoms in total. The predicted molar refractivity (Wildman–Crippen MR) is 62.5 cm³/mol. The molecule has 3 aliphatic rings. The summed E-state index contributed by atoms with van der Waals surface area (Å²) in [5.41, 5.74) is 0.00546. The number of nitrogens with one attached hydrogen (secondary N) is 1. The molecular weight excluding hydrogens is 202 g/mol. The van der Waals surface area contributed by atoms with E-state index in [0.29, 0.717) is 6.04 Å². The average molecular weight is 225 g/mol. The van der Waals surface area contributed by atoms with Crippen LogP contribution in [0.1, 0.15) is 38.5 Å². The van der Waals surface area contributed by atoms with E-state index >= 15 is 0 Å². The smallest absolute Gasteiger partial charge is 0.107 e. The highest BCUT2D eigenvalue weighted by Gasteiger charge is 2.47. The van der Waals surface area contributed by atoms with Crippen molar-refractivity contribution in [3.05, 3.63) is 0 Å². The third-order valence-electron chi connectivity index (χ3n) is 4.53. The van der Waals surface area contributed by atoms with Gasteiger partial charge in [0.1, 0.15) is 5.60 Å². The van der Waals surface area contributed by atoms with Crippen LogP contribution < -0.4 is 5.32 Å².